The van der Waals surface area contributed by atoms with E-state index in [1.807, 2.05) is 6.92 Å². The first-order valence-electron chi connectivity index (χ1n) is 5.29. The monoisotopic (exact) mass is 230 g/mol. The molecule has 94 valence electrons. The van der Waals surface area contributed by atoms with Crippen molar-refractivity contribution in [1.82, 2.24) is 0 Å². The molecule has 0 amide bonds. The van der Waals surface area contributed by atoms with Crippen LogP contribution in [0.1, 0.15) is 6.92 Å². The van der Waals surface area contributed by atoms with Gasteiger partial charge in [0, 0.05) is 7.11 Å². The van der Waals surface area contributed by atoms with Crippen molar-refractivity contribution in [2.24, 2.45) is 0 Å². The highest BCUT2D eigenvalue weighted by Crippen LogP contribution is 2.05. The lowest BCUT2D eigenvalue weighted by molar-refractivity contribution is -0.119. The zero-order valence-corrected chi connectivity index (χ0v) is 10.2. The predicted molar refractivity (Wildman–Crippen MR) is 63.4 cm³/mol. The second kappa shape index (κ2) is 10.8. The molecule has 0 aromatic carbocycles. The molecule has 0 bridgehead atoms. The minimum Gasteiger partial charge on any atom is -0.382 e. The molecule has 0 aliphatic rings. The van der Waals surface area contributed by atoms with Gasteiger partial charge in [-0.25, -0.2) is 0 Å². The lowest BCUT2D eigenvalue weighted by Gasteiger charge is -2.21. The maximum absolute atomic E-state index is 5.44. The standard InChI is InChI=1S/C12H22O4/c1-5-7-15-11(3)12(6-2)16-10-14-9-8-13-4/h5-6,11-12H,1-2,7-10H2,3-4H3/t11-,12+/m0/s1. The molecule has 0 spiro atoms. The van der Waals surface area contributed by atoms with E-state index in [2.05, 4.69) is 13.2 Å². The highest BCUT2D eigenvalue weighted by molar-refractivity contribution is 4.85. The number of hydrogen-bond donors (Lipinski definition) is 0. The maximum atomic E-state index is 5.44. The Morgan fingerprint density at radius 2 is 1.94 bits per heavy atom. The van der Waals surface area contributed by atoms with E-state index in [9.17, 15) is 0 Å². The summed E-state index contributed by atoms with van der Waals surface area (Å²) in [5.74, 6) is 0. The van der Waals surface area contributed by atoms with E-state index in [0.29, 0.717) is 19.8 Å². The predicted octanol–water partition coefficient (Wildman–Crippen LogP) is 1.77. The largest absolute Gasteiger partial charge is 0.382 e. The Hall–Kier alpha value is -0.680. The summed E-state index contributed by atoms with van der Waals surface area (Å²) >= 11 is 0. The van der Waals surface area contributed by atoms with Crippen LogP contribution in [0.25, 0.3) is 0 Å². The summed E-state index contributed by atoms with van der Waals surface area (Å²) in [6, 6.07) is 0. The van der Waals surface area contributed by atoms with Gasteiger partial charge in [0.1, 0.15) is 12.9 Å². The summed E-state index contributed by atoms with van der Waals surface area (Å²) in [7, 11) is 1.63. The average Bonchev–Trinajstić information content (AvgIpc) is 2.31. The molecule has 0 saturated heterocycles. The van der Waals surface area contributed by atoms with Crippen LogP contribution in [0.3, 0.4) is 0 Å². The second-order valence-corrected chi connectivity index (χ2v) is 3.21. The van der Waals surface area contributed by atoms with Crippen molar-refractivity contribution >= 4 is 0 Å². The van der Waals surface area contributed by atoms with Crippen LogP contribution in [0, 0.1) is 0 Å². The molecular weight excluding hydrogens is 208 g/mol. The van der Waals surface area contributed by atoms with Crippen LogP contribution in [-0.2, 0) is 18.9 Å². The highest BCUT2D eigenvalue weighted by atomic mass is 16.7. The number of methoxy groups -OCH3 is 1. The van der Waals surface area contributed by atoms with Crippen LogP contribution in [0.15, 0.2) is 25.3 Å². The minimum absolute atomic E-state index is 0.0680. The Kier molecular flexibility index (Phi) is 10.4. The molecule has 0 fully saturated rings. The number of rotatable bonds is 11. The quantitative estimate of drug-likeness (QED) is 0.308. The molecule has 16 heavy (non-hydrogen) atoms. The highest BCUT2D eigenvalue weighted by Gasteiger charge is 2.14. The van der Waals surface area contributed by atoms with Crippen molar-refractivity contribution in [1.29, 1.82) is 0 Å². The van der Waals surface area contributed by atoms with Crippen LogP contribution in [0.5, 0.6) is 0 Å². The summed E-state index contributed by atoms with van der Waals surface area (Å²) in [6.07, 6.45) is 3.16. The Bertz CT molecular complexity index is 182. The molecule has 0 N–H and O–H groups in total. The summed E-state index contributed by atoms with van der Waals surface area (Å²) in [5, 5.41) is 0. The van der Waals surface area contributed by atoms with Crippen molar-refractivity contribution in [3.05, 3.63) is 25.3 Å². The van der Waals surface area contributed by atoms with E-state index in [4.69, 9.17) is 18.9 Å². The average molecular weight is 230 g/mol. The summed E-state index contributed by atoms with van der Waals surface area (Å²) in [6.45, 7) is 11.0. The topological polar surface area (TPSA) is 36.9 Å². The molecule has 4 heteroatoms. The molecular formula is C12H22O4. The van der Waals surface area contributed by atoms with Crippen LogP contribution in [0.4, 0.5) is 0 Å². The Balaban J connectivity index is 3.64. The third-order valence-corrected chi connectivity index (χ3v) is 1.95. The van der Waals surface area contributed by atoms with Crippen molar-refractivity contribution in [3.8, 4) is 0 Å². The summed E-state index contributed by atoms with van der Waals surface area (Å²) < 4.78 is 20.9. The fourth-order valence-corrected chi connectivity index (χ4v) is 1.04. The molecule has 0 aliphatic heterocycles. The first-order valence-corrected chi connectivity index (χ1v) is 5.29. The van der Waals surface area contributed by atoms with Crippen molar-refractivity contribution < 1.29 is 18.9 Å². The van der Waals surface area contributed by atoms with E-state index in [1.54, 1.807) is 19.3 Å². The van der Waals surface area contributed by atoms with E-state index in [1.165, 1.54) is 0 Å². The Morgan fingerprint density at radius 1 is 1.19 bits per heavy atom. The van der Waals surface area contributed by atoms with Gasteiger partial charge in [0.25, 0.3) is 0 Å². The lowest BCUT2D eigenvalue weighted by atomic mass is 10.2. The van der Waals surface area contributed by atoms with E-state index < -0.39 is 0 Å². The van der Waals surface area contributed by atoms with E-state index >= 15 is 0 Å². The SMILES string of the molecule is C=CCO[C@@H](C)[C@@H](C=C)OCOCCOC. The molecule has 0 rings (SSSR count). The summed E-state index contributed by atoms with van der Waals surface area (Å²) in [4.78, 5) is 0. The van der Waals surface area contributed by atoms with Gasteiger partial charge in [0.2, 0.25) is 0 Å². The van der Waals surface area contributed by atoms with Gasteiger partial charge >= 0.3 is 0 Å². The van der Waals surface area contributed by atoms with E-state index in [0.717, 1.165) is 0 Å². The third kappa shape index (κ3) is 7.59. The number of ether oxygens (including phenoxy) is 4. The molecule has 0 radical (unpaired) electrons. The zero-order chi connectivity index (χ0) is 12.2. The van der Waals surface area contributed by atoms with Crippen molar-refractivity contribution in [2.45, 2.75) is 19.1 Å². The maximum Gasteiger partial charge on any atom is 0.147 e. The van der Waals surface area contributed by atoms with Gasteiger partial charge in [0.15, 0.2) is 0 Å². The molecule has 0 aliphatic carbocycles. The molecule has 2 atom stereocenters. The van der Waals surface area contributed by atoms with Gasteiger partial charge in [-0.3, -0.25) is 0 Å². The fraction of sp³-hybridized carbons (Fsp3) is 0.667. The zero-order valence-electron chi connectivity index (χ0n) is 10.2. The van der Waals surface area contributed by atoms with Gasteiger partial charge in [0.05, 0.1) is 25.9 Å². The third-order valence-electron chi connectivity index (χ3n) is 1.95. The first kappa shape index (κ1) is 15.3. The minimum atomic E-state index is -0.178. The molecule has 0 heterocycles. The van der Waals surface area contributed by atoms with Gasteiger partial charge in [-0.1, -0.05) is 12.2 Å². The molecule has 4 nitrogen and oxygen atoms in total. The van der Waals surface area contributed by atoms with Gasteiger partial charge < -0.3 is 18.9 Å². The van der Waals surface area contributed by atoms with Crippen LogP contribution >= 0.6 is 0 Å². The Labute approximate surface area is 97.8 Å². The van der Waals surface area contributed by atoms with Gasteiger partial charge in [-0.05, 0) is 6.92 Å². The second-order valence-electron chi connectivity index (χ2n) is 3.21. The van der Waals surface area contributed by atoms with Crippen LogP contribution in [-0.4, -0.2) is 45.9 Å². The number of hydrogen-bond acceptors (Lipinski definition) is 4. The van der Waals surface area contributed by atoms with Gasteiger partial charge in [-0.15, -0.1) is 13.2 Å². The van der Waals surface area contributed by atoms with E-state index in [-0.39, 0.29) is 19.0 Å². The molecule has 0 saturated carbocycles. The lowest BCUT2D eigenvalue weighted by Crippen LogP contribution is -2.28. The smallest absolute Gasteiger partial charge is 0.147 e. The summed E-state index contributed by atoms with van der Waals surface area (Å²) in [5.41, 5.74) is 0. The molecule has 0 aromatic rings. The van der Waals surface area contributed by atoms with Crippen LogP contribution in [0.2, 0.25) is 0 Å². The van der Waals surface area contributed by atoms with Crippen molar-refractivity contribution in [2.75, 3.05) is 33.7 Å². The molecule has 0 unspecified atom stereocenters. The molecule has 0 aromatic heterocycles. The normalized spacial score (nSPS) is 14.4. The van der Waals surface area contributed by atoms with Gasteiger partial charge in [-0.2, -0.15) is 0 Å². The first-order chi connectivity index (χ1) is 7.76. The van der Waals surface area contributed by atoms with Crippen molar-refractivity contribution in [3.63, 3.8) is 0 Å². The van der Waals surface area contributed by atoms with Crippen LogP contribution < -0.4 is 0 Å². The fourth-order valence-electron chi connectivity index (χ4n) is 1.04. The Morgan fingerprint density at radius 3 is 2.50 bits per heavy atom.